The van der Waals surface area contributed by atoms with E-state index >= 15 is 0 Å². The Morgan fingerprint density at radius 1 is 1.24 bits per heavy atom. The molecule has 1 aromatic heterocycles. The van der Waals surface area contributed by atoms with Gasteiger partial charge in [0.2, 0.25) is 0 Å². The SMILES string of the molecule is Cc1cn(C)c([C@@H]2CCN(CCCc3ccccc3)C2)n1. The van der Waals surface area contributed by atoms with Crippen LogP contribution in [0.2, 0.25) is 0 Å². The van der Waals surface area contributed by atoms with Crippen LogP contribution < -0.4 is 0 Å². The van der Waals surface area contributed by atoms with Crippen LogP contribution in [-0.2, 0) is 13.5 Å². The monoisotopic (exact) mass is 283 g/mol. The van der Waals surface area contributed by atoms with Crippen LogP contribution in [0.1, 0.15) is 35.8 Å². The third-order valence-corrected chi connectivity index (χ3v) is 4.45. The number of likely N-dealkylation sites (tertiary alicyclic amines) is 1. The molecule has 0 unspecified atom stereocenters. The molecule has 1 saturated heterocycles. The van der Waals surface area contributed by atoms with Crippen molar-refractivity contribution in [3.63, 3.8) is 0 Å². The predicted molar refractivity (Wildman–Crippen MR) is 86.5 cm³/mol. The van der Waals surface area contributed by atoms with Crippen molar-refractivity contribution >= 4 is 0 Å². The summed E-state index contributed by atoms with van der Waals surface area (Å²) < 4.78 is 2.20. The molecule has 2 heterocycles. The Morgan fingerprint density at radius 2 is 2.05 bits per heavy atom. The Balaban J connectivity index is 1.48. The van der Waals surface area contributed by atoms with Gasteiger partial charge in [-0.15, -0.1) is 0 Å². The summed E-state index contributed by atoms with van der Waals surface area (Å²) in [7, 11) is 2.12. The van der Waals surface area contributed by atoms with Crippen molar-refractivity contribution in [2.24, 2.45) is 7.05 Å². The van der Waals surface area contributed by atoms with Crippen molar-refractivity contribution in [1.82, 2.24) is 14.5 Å². The zero-order valence-electron chi connectivity index (χ0n) is 13.1. The summed E-state index contributed by atoms with van der Waals surface area (Å²) in [6.07, 6.45) is 5.81. The number of rotatable bonds is 5. The van der Waals surface area contributed by atoms with E-state index in [0.717, 1.165) is 5.69 Å². The number of nitrogens with zero attached hydrogens (tertiary/aromatic N) is 3. The third kappa shape index (κ3) is 3.53. The van der Waals surface area contributed by atoms with E-state index < -0.39 is 0 Å². The topological polar surface area (TPSA) is 21.1 Å². The minimum atomic E-state index is 0.612. The molecule has 0 aliphatic carbocycles. The zero-order valence-corrected chi connectivity index (χ0v) is 13.1. The van der Waals surface area contributed by atoms with Crippen LogP contribution in [0.15, 0.2) is 36.5 Å². The molecule has 2 aromatic rings. The number of imidazole rings is 1. The minimum absolute atomic E-state index is 0.612. The van der Waals surface area contributed by atoms with Gasteiger partial charge in [0.05, 0.1) is 5.69 Å². The lowest BCUT2D eigenvalue weighted by Gasteiger charge is -2.15. The maximum atomic E-state index is 4.69. The lowest BCUT2D eigenvalue weighted by Crippen LogP contribution is -2.22. The normalized spacial score (nSPS) is 19.2. The molecule has 0 amide bonds. The fourth-order valence-electron chi connectivity index (χ4n) is 3.41. The Bertz CT molecular complexity index is 573. The first-order valence-corrected chi connectivity index (χ1v) is 7.98. The average Bonchev–Trinajstić information content (AvgIpc) is 3.06. The highest BCUT2D eigenvalue weighted by Gasteiger charge is 2.26. The van der Waals surface area contributed by atoms with E-state index in [4.69, 9.17) is 4.98 Å². The molecular weight excluding hydrogens is 258 g/mol. The van der Waals surface area contributed by atoms with Crippen LogP contribution in [0.5, 0.6) is 0 Å². The zero-order chi connectivity index (χ0) is 14.7. The Kier molecular flexibility index (Phi) is 4.39. The molecule has 112 valence electrons. The standard InChI is InChI=1S/C18H25N3/c1-15-13-20(2)18(19-15)17-10-12-21(14-17)11-6-9-16-7-4-3-5-8-16/h3-5,7-8,13,17H,6,9-12,14H2,1-2H3/t17-/m1/s1. The van der Waals surface area contributed by atoms with Crippen molar-refractivity contribution < 1.29 is 0 Å². The van der Waals surface area contributed by atoms with Gasteiger partial charge in [0.15, 0.2) is 0 Å². The predicted octanol–water partition coefficient (Wildman–Crippen LogP) is 3.15. The second-order valence-corrected chi connectivity index (χ2v) is 6.23. The maximum absolute atomic E-state index is 4.69. The van der Waals surface area contributed by atoms with Crippen LogP contribution in [-0.4, -0.2) is 34.1 Å². The first-order valence-electron chi connectivity index (χ1n) is 7.98. The first-order chi connectivity index (χ1) is 10.2. The van der Waals surface area contributed by atoms with Crippen molar-refractivity contribution in [2.45, 2.75) is 32.1 Å². The van der Waals surface area contributed by atoms with E-state index in [-0.39, 0.29) is 0 Å². The van der Waals surface area contributed by atoms with Crippen LogP contribution >= 0.6 is 0 Å². The summed E-state index contributed by atoms with van der Waals surface area (Å²) in [4.78, 5) is 7.29. The number of aryl methyl sites for hydroxylation is 3. The Hall–Kier alpha value is -1.61. The van der Waals surface area contributed by atoms with E-state index in [1.54, 1.807) is 0 Å². The average molecular weight is 283 g/mol. The first kappa shape index (κ1) is 14.3. The van der Waals surface area contributed by atoms with Gasteiger partial charge in [0, 0.05) is 25.7 Å². The molecule has 1 fully saturated rings. The highest BCUT2D eigenvalue weighted by Crippen LogP contribution is 2.26. The molecule has 0 spiro atoms. The van der Waals surface area contributed by atoms with Crippen LogP contribution in [0.25, 0.3) is 0 Å². The smallest absolute Gasteiger partial charge is 0.113 e. The van der Waals surface area contributed by atoms with Gasteiger partial charge in [0.1, 0.15) is 5.82 Å². The van der Waals surface area contributed by atoms with Crippen molar-refractivity contribution in [3.8, 4) is 0 Å². The molecule has 0 N–H and O–H groups in total. The van der Waals surface area contributed by atoms with E-state index in [1.165, 1.54) is 50.3 Å². The molecule has 3 heteroatoms. The van der Waals surface area contributed by atoms with E-state index in [2.05, 4.69) is 60.0 Å². The number of benzene rings is 1. The van der Waals surface area contributed by atoms with Gasteiger partial charge in [-0.2, -0.15) is 0 Å². The lowest BCUT2D eigenvalue weighted by atomic mass is 10.1. The van der Waals surface area contributed by atoms with Crippen LogP contribution in [0, 0.1) is 6.92 Å². The molecule has 3 nitrogen and oxygen atoms in total. The summed E-state index contributed by atoms with van der Waals surface area (Å²) in [5, 5.41) is 0. The second-order valence-electron chi connectivity index (χ2n) is 6.23. The molecule has 3 rings (SSSR count). The maximum Gasteiger partial charge on any atom is 0.113 e. The third-order valence-electron chi connectivity index (χ3n) is 4.45. The lowest BCUT2D eigenvalue weighted by molar-refractivity contribution is 0.328. The summed E-state index contributed by atoms with van der Waals surface area (Å²) in [5.74, 6) is 1.87. The highest BCUT2D eigenvalue weighted by molar-refractivity contribution is 5.14. The molecule has 0 saturated carbocycles. The van der Waals surface area contributed by atoms with Crippen molar-refractivity contribution in [3.05, 3.63) is 53.6 Å². The minimum Gasteiger partial charge on any atom is -0.337 e. The Labute approximate surface area is 127 Å². The summed E-state index contributed by atoms with van der Waals surface area (Å²) in [5.41, 5.74) is 2.59. The van der Waals surface area contributed by atoms with Gasteiger partial charge < -0.3 is 9.47 Å². The molecule has 1 aromatic carbocycles. The number of aromatic nitrogens is 2. The van der Waals surface area contributed by atoms with E-state index in [1.807, 2.05) is 0 Å². The molecule has 1 aliphatic rings. The van der Waals surface area contributed by atoms with Gasteiger partial charge in [-0.3, -0.25) is 0 Å². The van der Waals surface area contributed by atoms with Gasteiger partial charge in [-0.1, -0.05) is 30.3 Å². The van der Waals surface area contributed by atoms with Gasteiger partial charge in [-0.25, -0.2) is 4.98 Å². The van der Waals surface area contributed by atoms with Gasteiger partial charge in [0.25, 0.3) is 0 Å². The second kappa shape index (κ2) is 6.44. The fourth-order valence-corrected chi connectivity index (χ4v) is 3.41. The Morgan fingerprint density at radius 3 is 2.76 bits per heavy atom. The number of hydrogen-bond donors (Lipinski definition) is 0. The summed E-state index contributed by atoms with van der Waals surface area (Å²) >= 11 is 0. The van der Waals surface area contributed by atoms with Gasteiger partial charge >= 0.3 is 0 Å². The van der Waals surface area contributed by atoms with Crippen LogP contribution in [0.3, 0.4) is 0 Å². The summed E-state index contributed by atoms with van der Waals surface area (Å²) in [6.45, 7) is 5.66. The van der Waals surface area contributed by atoms with E-state index in [9.17, 15) is 0 Å². The van der Waals surface area contributed by atoms with Crippen molar-refractivity contribution in [1.29, 1.82) is 0 Å². The van der Waals surface area contributed by atoms with E-state index in [0.29, 0.717) is 5.92 Å². The molecule has 1 atom stereocenters. The fraction of sp³-hybridized carbons (Fsp3) is 0.500. The highest BCUT2D eigenvalue weighted by atomic mass is 15.2. The molecule has 0 radical (unpaired) electrons. The largest absolute Gasteiger partial charge is 0.337 e. The van der Waals surface area contributed by atoms with Crippen LogP contribution in [0.4, 0.5) is 0 Å². The molecule has 1 aliphatic heterocycles. The van der Waals surface area contributed by atoms with Crippen molar-refractivity contribution in [2.75, 3.05) is 19.6 Å². The summed E-state index contributed by atoms with van der Waals surface area (Å²) in [6, 6.07) is 10.8. The molecular formula is C18H25N3. The quantitative estimate of drug-likeness (QED) is 0.840. The van der Waals surface area contributed by atoms with Gasteiger partial charge in [-0.05, 0) is 44.8 Å². The number of hydrogen-bond acceptors (Lipinski definition) is 2. The molecule has 21 heavy (non-hydrogen) atoms. The molecule has 0 bridgehead atoms.